The molecule has 0 fully saturated rings. The van der Waals surface area contributed by atoms with Crippen molar-refractivity contribution in [2.45, 2.75) is 38.5 Å². The van der Waals surface area contributed by atoms with Crippen LogP contribution in [0.1, 0.15) is 55.6 Å². The third-order valence-electron chi connectivity index (χ3n) is 8.08. The smallest absolute Gasteiger partial charge is 0.355 e. The van der Waals surface area contributed by atoms with Gasteiger partial charge in [0, 0.05) is 46.2 Å². The van der Waals surface area contributed by atoms with E-state index >= 15 is 0 Å². The minimum Gasteiger partial charge on any atom is -0.355 e. The maximum atomic E-state index is 14.3. The average molecular weight is 679 g/mol. The highest BCUT2D eigenvalue weighted by Crippen LogP contribution is 2.36. The molecular weight excluding hydrogens is 651 g/mol. The van der Waals surface area contributed by atoms with Gasteiger partial charge in [-0.25, -0.2) is 4.52 Å². The molecule has 0 saturated heterocycles. The number of benzene rings is 3. The van der Waals surface area contributed by atoms with Crippen molar-refractivity contribution in [1.82, 2.24) is 24.4 Å². The van der Waals surface area contributed by atoms with Gasteiger partial charge in [-0.2, -0.15) is 18.3 Å². The lowest BCUT2D eigenvalue weighted by Gasteiger charge is -2.35. The van der Waals surface area contributed by atoms with Gasteiger partial charge in [0.1, 0.15) is 5.65 Å². The van der Waals surface area contributed by atoms with Crippen LogP contribution >= 0.6 is 15.9 Å². The van der Waals surface area contributed by atoms with E-state index in [1.807, 2.05) is 30.3 Å². The highest BCUT2D eigenvalue weighted by atomic mass is 79.9. The van der Waals surface area contributed by atoms with Crippen LogP contribution in [0, 0.1) is 0 Å². The molecule has 1 aliphatic rings. The van der Waals surface area contributed by atoms with Gasteiger partial charge in [0.2, 0.25) is 0 Å². The van der Waals surface area contributed by atoms with Gasteiger partial charge in [-0.05, 0) is 61.4 Å². The van der Waals surface area contributed by atoms with Gasteiger partial charge in [0.05, 0.1) is 29.7 Å². The van der Waals surface area contributed by atoms with Gasteiger partial charge in [0.25, 0.3) is 17.4 Å². The molecule has 1 aliphatic heterocycles. The molecule has 1 N–H and O–H groups in total. The number of nitrogens with zero attached hydrogens (tertiary/aromatic N) is 4. The van der Waals surface area contributed by atoms with Crippen molar-refractivity contribution in [3.8, 4) is 5.69 Å². The first-order chi connectivity index (χ1) is 21.5. The number of carbonyl (C=O) groups is 2. The molecule has 5 aromatic rings. The Bertz CT molecular complexity index is 2000. The largest absolute Gasteiger partial charge is 0.417 e. The summed E-state index contributed by atoms with van der Waals surface area (Å²) >= 11 is 2.93. The molecule has 1 atom stereocenters. The van der Waals surface area contributed by atoms with E-state index in [9.17, 15) is 27.6 Å². The molecule has 45 heavy (non-hydrogen) atoms. The number of fused-ring (bicyclic) bond motifs is 3. The molecule has 2 amide bonds. The molecule has 0 spiro atoms. The highest BCUT2D eigenvalue weighted by Gasteiger charge is 2.36. The number of hydrogen-bond donors (Lipinski definition) is 1. The van der Waals surface area contributed by atoms with Crippen LogP contribution in [0.3, 0.4) is 0 Å². The average Bonchev–Trinajstić information content (AvgIpc) is 3.43. The van der Waals surface area contributed by atoms with Crippen LogP contribution < -0.4 is 10.9 Å². The number of halogens is 4. The second kappa shape index (κ2) is 11.7. The lowest BCUT2D eigenvalue weighted by Crippen LogP contribution is -2.46. The zero-order chi connectivity index (χ0) is 32.0. The summed E-state index contributed by atoms with van der Waals surface area (Å²) in [5, 5.41) is 7.25. The van der Waals surface area contributed by atoms with E-state index < -0.39 is 23.7 Å². The van der Waals surface area contributed by atoms with Crippen LogP contribution in [0.4, 0.5) is 13.2 Å². The predicted octanol–water partition coefficient (Wildman–Crippen LogP) is 5.80. The van der Waals surface area contributed by atoms with Crippen molar-refractivity contribution in [2.24, 2.45) is 0 Å². The summed E-state index contributed by atoms with van der Waals surface area (Å²) in [6, 6.07) is 19.3. The van der Waals surface area contributed by atoms with Crippen molar-refractivity contribution < 1.29 is 22.8 Å². The fourth-order valence-electron chi connectivity index (χ4n) is 5.78. The molecule has 0 radical (unpaired) electrons. The molecule has 0 unspecified atom stereocenters. The third-order valence-corrected chi connectivity index (χ3v) is 8.77. The fourth-order valence-corrected chi connectivity index (χ4v) is 6.26. The first-order valence-corrected chi connectivity index (χ1v) is 14.9. The molecule has 3 heterocycles. The first kappa shape index (κ1) is 30.3. The summed E-state index contributed by atoms with van der Waals surface area (Å²) < 4.78 is 43.9. The summed E-state index contributed by atoms with van der Waals surface area (Å²) in [5.41, 5.74) is 2.85. The lowest BCUT2D eigenvalue weighted by atomic mass is 9.97. The molecule has 3 aromatic carbocycles. The van der Waals surface area contributed by atoms with Crippen molar-refractivity contribution >= 4 is 33.4 Å². The van der Waals surface area contributed by atoms with Crippen LogP contribution in [0.5, 0.6) is 0 Å². The topological polar surface area (TPSA) is 88.7 Å². The second-order valence-corrected chi connectivity index (χ2v) is 11.8. The number of carbonyl (C=O) groups excluding carboxylic acids is 2. The van der Waals surface area contributed by atoms with E-state index in [-0.39, 0.29) is 34.5 Å². The quantitative estimate of drug-likeness (QED) is 0.255. The third kappa shape index (κ3) is 5.54. The number of alkyl halides is 3. The minimum atomic E-state index is -4.64. The van der Waals surface area contributed by atoms with Crippen molar-refractivity contribution in [3.63, 3.8) is 0 Å². The molecule has 2 aromatic heterocycles. The van der Waals surface area contributed by atoms with Crippen LogP contribution in [0.2, 0.25) is 0 Å². The standard InChI is InChI=1S/C33H27BrF3N5O3/c1-19-14-25-28(18-40(19)31(44)22-10-13-27(34)26(16-22)33(35,36)37)42-30(23(17-39-42)15-20-6-4-3-5-7-20)41(32(25)45)24-11-8-21(9-12-24)29(43)38-2/h3-13,16-17,19H,14-15,18H2,1-2H3,(H,38,43)/t19-/m1/s1. The highest BCUT2D eigenvalue weighted by molar-refractivity contribution is 9.10. The number of aromatic nitrogens is 3. The predicted molar refractivity (Wildman–Crippen MR) is 166 cm³/mol. The van der Waals surface area contributed by atoms with Gasteiger partial charge in [-0.3, -0.25) is 19.0 Å². The van der Waals surface area contributed by atoms with E-state index in [4.69, 9.17) is 0 Å². The van der Waals surface area contributed by atoms with Crippen LogP contribution in [-0.2, 0) is 25.6 Å². The maximum Gasteiger partial charge on any atom is 0.417 e. The Balaban J connectivity index is 1.49. The molecule has 6 rings (SSSR count). The normalized spacial score (nSPS) is 14.8. The summed E-state index contributed by atoms with van der Waals surface area (Å²) in [5.74, 6) is -0.838. The van der Waals surface area contributed by atoms with E-state index in [0.717, 1.165) is 17.2 Å². The van der Waals surface area contributed by atoms with Crippen LogP contribution in [0.15, 0.2) is 88.3 Å². The van der Waals surface area contributed by atoms with Crippen LogP contribution in [0.25, 0.3) is 11.3 Å². The Hall–Kier alpha value is -4.71. The lowest BCUT2D eigenvalue weighted by molar-refractivity contribution is -0.138. The monoisotopic (exact) mass is 677 g/mol. The molecular formula is C33H27BrF3N5O3. The Morgan fingerprint density at radius 3 is 2.38 bits per heavy atom. The number of hydrogen-bond acceptors (Lipinski definition) is 4. The number of amides is 2. The van der Waals surface area contributed by atoms with Gasteiger partial charge in [0.15, 0.2) is 0 Å². The summed E-state index contributed by atoms with van der Waals surface area (Å²) in [6.07, 6.45) is -2.32. The van der Waals surface area contributed by atoms with E-state index in [0.29, 0.717) is 34.6 Å². The van der Waals surface area contributed by atoms with E-state index in [1.54, 1.807) is 46.5 Å². The SMILES string of the molecule is CNC(=O)c1ccc(-n2c(=O)c3c(n4ncc(Cc5ccccc5)c24)CN(C(=O)c2ccc(Br)c(C(F)(F)F)c2)[C@H](C)C3)cc1. The first-order valence-electron chi connectivity index (χ1n) is 14.2. The van der Waals surface area contributed by atoms with Crippen molar-refractivity contribution in [1.29, 1.82) is 0 Å². The Kier molecular flexibility index (Phi) is 7.86. The maximum absolute atomic E-state index is 14.3. The summed E-state index contributed by atoms with van der Waals surface area (Å²) in [7, 11) is 1.54. The van der Waals surface area contributed by atoms with Crippen LogP contribution in [-0.4, -0.2) is 44.0 Å². The van der Waals surface area contributed by atoms with Crippen molar-refractivity contribution in [2.75, 3.05) is 7.05 Å². The fraction of sp³-hybridized carbons (Fsp3) is 0.212. The Morgan fingerprint density at radius 1 is 1.02 bits per heavy atom. The zero-order valence-electron chi connectivity index (χ0n) is 24.2. The number of rotatable bonds is 5. The molecule has 0 saturated carbocycles. The molecule has 0 bridgehead atoms. The van der Waals surface area contributed by atoms with Gasteiger partial charge in [-0.1, -0.05) is 46.3 Å². The molecule has 230 valence electrons. The van der Waals surface area contributed by atoms with Gasteiger partial charge in [-0.15, -0.1) is 0 Å². The summed E-state index contributed by atoms with van der Waals surface area (Å²) in [6.45, 7) is 1.74. The Labute approximate surface area is 264 Å². The molecule has 12 heteroatoms. The van der Waals surface area contributed by atoms with Gasteiger partial charge >= 0.3 is 6.18 Å². The van der Waals surface area contributed by atoms with E-state index in [1.165, 1.54) is 24.1 Å². The summed E-state index contributed by atoms with van der Waals surface area (Å²) in [4.78, 5) is 41.6. The Morgan fingerprint density at radius 2 is 1.71 bits per heavy atom. The minimum absolute atomic E-state index is 0.0264. The van der Waals surface area contributed by atoms with Gasteiger partial charge < -0.3 is 10.2 Å². The van der Waals surface area contributed by atoms with E-state index in [2.05, 4.69) is 26.3 Å². The number of nitrogens with one attached hydrogen (secondary N) is 1. The molecule has 0 aliphatic carbocycles. The zero-order valence-corrected chi connectivity index (χ0v) is 25.8. The van der Waals surface area contributed by atoms with Crippen molar-refractivity contribution in [3.05, 3.63) is 133 Å². The second-order valence-electron chi connectivity index (χ2n) is 10.9. The molecule has 8 nitrogen and oxygen atoms in total.